The van der Waals surface area contributed by atoms with E-state index in [9.17, 15) is 9.59 Å². The largest absolute Gasteiger partial charge is 0.346 e. The quantitative estimate of drug-likeness (QED) is 0.398. The molecule has 3 aromatic heterocycles. The van der Waals surface area contributed by atoms with Crippen LogP contribution in [0.25, 0.3) is 22.2 Å². The predicted molar refractivity (Wildman–Crippen MR) is 155 cm³/mol. The minimum Gasteiger partial charge on any atom is -0.346 e. The van der Waals surface area contributed by atoms with Gasteiger partial charge in [0.1, 0.15) is 5.65 Å². The molecule has 1 aliphatic carbocycles. The number of aromatic amines is 1. The fourth-order valence-corrected chi connectivity index (χ4v) is 6.82. The maximum absolute atomic E-state index is 13.2. The second-order valence-corrected chi connectivity index (χ2v) is 12.0. The summed E-state index contributed by atoms with van der Waals surface area (Å²) in [7, 11) is 4.29. The normalized spacial score (nSPS) is 19.9. The number of piperidine rings is 2. The summed E-state index contributed by atoms with van der Waals surface area (Å²) >= 11 is 0. The van der Waals surface area contributed by atoms with E-state index in [1.165, 1.54) is 5.56 Å². The third kappa shape index (κ3) is 4.33. The summed E-state index contributed by atoms with van der Waals surface area (Å²) in [6, 6.07) is 8.48. The molecule has 9 nitrogen and oxygen atoms in total. The van der Waals surface area contributed by atoms with Crippen LogP contribution in [0.4, 0.5) is 5.69 Å². The van der Waals surface area contributed by atoms with Crippen molar-refractivity contribution in [1.29, 1.82) is 0 Å². The van der Waals surface area contributed by atoms with Gasteiger partial charge in [-0.25, -0.2) is 4.98 Å². The maximum Gasteiger partial charge on any atom is 0.257 e. The number of pyridine rings is 1. The van der Waals surface area contributed by atoms with Gasteiger partial charge in [-0.15, -0.1) is 0 Å². The molecular weight excluding hydrogens is 502 g/mol. The summed E-state index contributed by atoms with van der Waals surface area (Å²) in [6.45, 7) is 4.11. The molecule has 206 valence electrons. The van der Waals surface area contributed by atoms with E-state index in [-0.39, 0.29) is 17.1 Å². The van der Waals surface area contributed by atoms with Crippen LogP contribution < -0.4 is 5.32 Å². The molecule has 1 spiro atoms. The number of benzene rings is 1. The fraction of sp³-hybridized carbons (Fsp3) is 0.419. The number of likely N-dealkylation sites (tertiary alicyclic amines) is 2. The number of carbonyl (C=O) groups is 2. The smallest absolute Gasteiger partial charge is 0.257 e. The zero-order valence-corrected chi connectivity index (χ0v) is 23.1. The lowest BCUT2D eigenvalue weighted by atomic mass is 9.73. The maximum atomic E-state index is 13.2. The van der Waals surface area contributed by atoms with Crippen LogP contribution in [0.5, 0.6) is 0 Å². The number of aromatic nitrogens is 4. The molecule has 0 radical (unpaired) electrons. The molecule has 0 bridgehead atoms. The Morgan fingerprint density at radius 1 is 1.02 bits per heavy atom. The number of nitrogens with zero attached hydrogens (tertiary/aromatic N) is 5. The van der Waals surface area contributed by atoms with E-state index < -0.39 is 0 Å². The van der Waals surface area contributed by atoms with Crippen molar-refractivity contribution in [3.8, 4) is 11.1 Å². The molecule has 0 atom stereocenters. The van der Waals surface area contributed by atoms with Crippen molar-refractivity contribution in [3.05, 3.63) is 65.7 Å². The van der Waals surface area contributed by atoms with Crippen molar-refractivity contribution >= 4 is 28.4 Å². The van der Waals surface area contributed by atoms with E-state index in [0.717, 1.165) is 79.6 Å². The molecule has 1 amide bonds. The summed E-state index contributed by atoms with van der Waals surface area (Å²) in [5.41, 5.74) is 5.91. The van der Waals surface area contributed by atoms with E-state index in [1.807, 2.05) is 35.3 Å². The summed E-state index contributed by atoms with van der Waals surface area (Å²) in [5, 5.41) is 8.40. The van der Waals surface area contributed by atoms with Gasteiger partial charge in [0, 0.05) is 46.9 Å². The number of hydrogen-bond donors (Lipinski definition) is 2. The summed E-state index contributed by atoms with van der Waals surface area (Å²) < 4.78 is 1.98. The van der Waals surface area contributed by atoms with Crippen LogP contribution in [0.1, 0.15) is 64.4 Å². The number of hydrogen-bond acceptors (Lipinski definition) is 6. The average molecular weight is 538 g/mol. The molecule has 5 heterocycles. The zero-order valence-electron chi connectivity index (χ0n) is 23.1. The number of Topliss-reactive ketones (excluding diaryl/α,β-unsaturated/α-hetero) is 1. The van der Waals surface area contributed by atoms with E-state index in [1.54, 1.807) is 12.4 Å². The molecule has 0 saturated carbocycles. The molecule has 2 aliphatic heterocycles. The van der Waals surface area contributed by atoms with Crippen LogP contribution >= 0.6 is 0 Å². The third-order valence-electron chi connectivity index (χ3n) is 9.36. The van der Waals surface area contributed by atoms with Crippen molar-refractivity contribution < 1.29 is 9.59 Å². The van der Waals surface area contributed by atoms with Crippen molar-refractivity contribution in [3.63, 3.8) is 0 Å². The standard InChI is InChI=1S/C31H35N7O2/c1-36-9-5-23(6-10-36)38-19-22(17-34-38)35-30(40)21-13-25-26(18-33-29(25)32-16-21)20-3-4-24-27(14-20)31(15-28(24)39)7-11-37(2)12-8-31/h3-4,13-14,16-19,23H,5-12,15H2,1-2H3,(H,32,33)(H,35,40). The van der Waals surface area contributed by atoms with Crippen molar-refractivity contribution in [2.24, 2.45) is 0 Å². The molecule has 7 rings (SSSR count). The lowest BCUT2D eigenvalue weighted by molar-refractivity contribution is 0.0945. The number of H-pyrrole nitrogens is 1. The van der Waals surface area contributed by atoms with Crippen LogP contribution in [0, 0.1) is 0 Å². The third-order valence-corrected chi connectivity index (χ3v) is 9.36. The Kier molecular flexibility index (Phi) is 6.09. The van der Waals surface area contributed by atoms with E-state index >= 15 is 0 Å². The average Bonchev–Trinajstić information content (AvgIpc) is 3.67. The molecule has 9 heteroatoms. The highest BCUT2D eigenvalue weighted by atomic mass is 16.1. The summed E-state index contributed by atoms with van der Waals surface area (Å²) in [6.07, 6.45) is 11.9. The second kappa shape index (κ2) is 9.67. The number of fused-ring (bicyclic) bond motifs is 3. The first-order valence-corrected chi connectivity index (χ1v) is 14.3. The van der Waals surface area contributed by atoms with E-state index in [2.05, 4.69) is 50.3 Å². The molecule has 40 heavy (non-hydrogen) atoms. The lowest BCUT2D eigenvalue weighted by Gasteiger charge is -2.38. The van der Waals surface area contributed by atoms with Crippen molar-refractivity contribution in [2.75, 3.05) is 45.6 Å². The van der Waals surface area contributed by atoms with Gasteiger partial charge in [-0.1, -0.05) is 12.1 Å². The second-order valence-electron chi connectivity index (χ2n) is 12.0. The van der Waals surface area contributed by atoms with Gasteiger partial charge in [-0.3, -0.25) is 14.3 Å². The van der Waals surface area contributed by atoms with Crippen LogP contribution in [-0.2, 0) is 5.41 Å². The van der Waals surface area contributed by atoms with Gasteiger partial charge in [0.05, 0.1) is 23.5 Å². The molecule has 3 aliphatic rings. The molecule has 2 fully saturated rings. The fourth-order valence-electron chi connectivity index (χ4n) is 6.82. The first-order valence-electron chi connectivity index (χ1n) is 14.3. The predicted octanol–water partition coefficient (Wildman–Crippen LogP) is 4.50. The Labute approximate surface area is 233 Å². The topological polar surface area (TPSA) is 99.1 Å². The van der Waals surface area contributed by atoms with Crippen LogP contribution in [0.15, 0.2) is 49.1 Å². The molecule has 2 N–H and O–H groups in total. The van der Waals surface area contributed by atoms with Gasteiger partial charge >= 0.3 is 0 Å². The Morgan fingerprint density at radius 2 is 1.80 bits per heavy atom. The molecule has 0 unspecified atom stereocenters. The highest BCUT2D eigenvalue weighted by Crippen LogP contribution is 2.47. The van der Waals surface area contributed by atoms with Gasteiger partial charge in [0.25, 0.3) is 5.91 Å². The number of carbonyl (C=O) groups excluding carboxylic acids is 2. The minimum atomic E-state index is -0.214. The summed E-state index contributed by atoms with van der Waals surface area (Å²) in [5.74, 6) is 0.0408. The van der Waals surface area contributed by atoms with Crippen LogP contribution in [0.3, 0.4) is 0 Å². The van der Waals surface area contributed by atoms with E-state index in [4.69, 9.17) is 0 Å². The van der Waals surface area contributed by atoms with Gasteiger partial charge in [0.15, 0.2) is 5.78 Å². The van der Waals surface area contributed by atoms with Crippen molar-refractivity contribution in [1.82, 2.24) is 29.5 Å². The molecular formula is C31H35N7O2. The zero-order chi connectivity index (χ0) is 27.4. The Bertz CT molecular complexity index is 1600. The van der Waals surface area contributed by atoms with Crippen molar-refractivity contribution in [2.45, 2.75) is 43.6 Å². The Hall–Kier alpha value is -3.82. The monoisotopic (exact) mass is 537 g/mol. The van der Waals surface area contributed by atoms with Crippen LogP contribution in [-0.4, -0.2) is 81.5 Å². The highest BCUT2D eigenvalue weighted by Gasteiger charge is 2.44. The highest BCUT2D eigenvalue weighted by molar-refractivity contribution is 6.07. The number of nitrogens with one attached hydrogen (secondary N) is 2. The van der Waals surface area contributed by atoms with Gasteiger partial charge in [-0.2, -0.15) is 5.10 Å². The number of ketones is 1. The molecule has 4 aromatic rings. The molecule has 1 aromatic carbocycles. The summed E-state index contributed by atoms with van der Waals surface area (Å²) in [4.78, 5) is 38.6. The minimum absolute atomic E-state index is 0.0671. The van der Waals surface area contributed by atoms with Gasteiger partial charge < -0.3 is 20.1 Å². The van der Waals surface area contributed by atoms with Gasteiger partial charge in [-0.05, 0) is 89.2 Å². The van der Waals surface area contributed by atoms with E-state index in [0.29, 0.717) is 23.7 Å². The number of amides is 1. The van der Waals surface area contributed by atoms with Gasteiger partial charge in [0.2, 0.25) is 0 Å². The first kappa shape index (κ1) is 25.2. The number of anilines is 1. The SMILES string of the molecule is CN1CCC(n2cc(NC(=O)c3cnc4[nH]cc(-c5ccc6c(c5)C5(CCN(C)CC5)CC6=O)c4c3)cn2)CC1. The lowest BCUT2D eigenvalue weighted by Crippen LogP contribution is -2.39. The molecule has 2 saturated heterocycles. The number of rotatable bonds is 4. The van der Waals surface area contributed by atoms with Crippen LogP contribution in [0.2, 0.25) is 0 Å². The first-order chi connectivity index (χ1) is 19.4. The Morgan fingerprint density at radius 3 is 2.60 bits per heavy atom. The Balaban J connectivity index is 1.15.